The number of carbonyl (C=O) groups is 2. The predicted octanol–water partition coefficient (Wildman–Crippen LogP) is 2.32. The number of urea groups is 1. The third-order valence-electron chi connectivity index (χ3n) is 2.75. The first kappa shape index (κ1) is 16.8. The van der Waals surface area contributed by atoms with Crippen LogP contribution in [0.25, 0.3) is 0 Å². The molecular weight excluding hydrogens is 289 g/mol. The first-order chi connectivity index (χ1) is 9.75. The molecular formula is C13H15F3N2O3. The molecule has 0 aliphatic heterocycles. The van der Waals surface area contributed by atoms with Crippen molar-refractivity contribution in [2.24, 2.45) is 0 Å². The van der Waals surface area contributed by atoms with Gasteiger partial charge in [-0.1, -0.05) is 18.2 Å². The standard InChI is InChI=1S/C13H15F3N2O3/c1-2-18(8-11(19)20)12(21)17-7-9-5-3-4-6-10(9)13(14,15)16/h3-6H,2,7-8H2,1H3,(H,17,21)(H,19,20). The fourth-order valence-corrected chi connectivity index (χ4v) is 1.72. The van der Waals surface area contributed by atoms with E-state index in [1.807, 2.05) is 0 Å². The first-order valence-electron chi connectivity index (χ1n) is 6.15. The van der Waals surface area contributed by atoms with Crippen LogP contribution in [-0.4, -0.2) is 35.1 Å². The van der Waals surface area contributed by atoms with E-state index in [0.717, 1.165) is 11.0 Å². The molecule has 2 amide bonds. The molecule has 0 atom stereocenters. The number of carboxylic acid groups (broad SMARTS) is 1. The van der Waals surface area contributed by atoms with E-state index in [-0.39, 0.29) is 18.7 Å². The molecule has 1 aromatic carbocycles. The number of alkyl halides is 3. The Morgan fingerprint density at radius 1 is 1.29 bits per heavy atom. The zero-order valence-corrected chi connectivity index (χ0v) is 11.3. The van der Waals surface area contributed by atoms with E-state index >= 15 is 0 Å². The summed E-state index contributed by atoms with van der Waals surface area (Å²) in [6.45, 7) is 0.874. The van der Waals surface area contributed by atoms with Crippen molar-refractivity contribution in [3.63, 3.8) is 0 Å². The Morgan fingerprint density at radius 2 is 1.90 bits per heavy atom. The highest BCUT2D eigenvalue weighted by atomic mass is 19.4. The third kappa shape index (κ3) is 4.97. The van der Waals surface area contributed by atoms with Gasteiger partial charge >= 0.3 is 18.2 Å². The molecule has 0 radical (unpaired) electrons. The van der Waals surface area contributed by atoms with Crippen LogP contribution in [0.15, 0.2) is 24.3 Å². The molecule has 0 aromatic heterocycles. The lowest BCUT2D eigenvalue weighted by atomic mass is 10.1. The van der Waals surface area contributed by atoms with Crippen molar-refractivity contribution in [3.8, 4) is 0 Å². The lowest BCUT2D eigenvalue weighted by Crippen LogP contribution is -2.42. The number of halogens is 3. The van der Waals surface area contributed by atoms with E-state index < -0.39 is 30.3 Å². The number of hydrogen-bond donors (Lipinski definition) is 2. The number of benzene rings is 1. The van der Waals surface area contributed by atoms with Gasteiger partial charge < -0.3 is 15.3 Å². The van der Waals surface area contributed by atoms with Crippen LogP contribution in [0.5, 0.6) is 0 Å². The number of aliphatic carboxylic acids is 1. The molecule has 0 heterocycles. The van der Waals surface area contributed by atoms with Gasteiger partial charge in [-0.2, -0.15) is 13.2 Å². The van der Waals surface area contributed by atoms with Crippen molar-refractivity contribution in [3.05, 3.63) is 35.4 Å². The number of carboxylic acids is 1. The van der Waals surface area contributed by atoms with Crippen LogP contribution in [0.4, 0.5) is 18.0 Å². The van der Waals surface area contributed by atoms with Crippen LogP contribution in [0, 0.1) is 0 Å². The molecule has 0 fully saturated rings. The zero-order valence-electron chi connectivity index (χ0n) is 11.3. The second-order valence-electron chi connectivity index (χ2n) is 4.22. The Hall–Kier alpha value is -2.25. The minimum atomic E-state index is -4.51. The van der Waals surface area contributed by atoms with Gasteiger partial charge in [0.2, 0.25) is 0 Å². The molecule has 0 spiro atoms. The molecule has 116 valence electrons. The number of nitrogens with one attached hydrogen (secondary N) is 1. The van der Waals surface area contributed by atoms with Gasteiger partial charge in [0.15, 0.2) is 0 Å². The van der Waals surface area contributed by atoms with E-state index in [9.17, 15) is 22.8 Å². The van der Waals surface area contributed by atoms with Gasteiger partial charge in [-0.3, -0.25) is 4.79 Å². The number of rotatable bonds is 5. The Labute approximate surface area is 119 Å². The molecule has 0 bridgehead atoms. The molecule has 0 saturated heterocycles. The number of amides is 2. The second-order valence-corrected chi connectivity index (χ2v) is 4.22. The topological polar surface area (TPSA) is 69.6 Å². The van der Waals surface area contributed by atoms with Crippen molar-refractivity contribution in [1.29, 1.82) is 0 Å². The van der Waals surface area contributed by atoms with E-state index in [0.29, 0.717) is 0 Å². The molecule has 1 rings (SSSR count). The molecule has 2 N–H and O–H groups in total. The summed E-state index contributed by atoms with van der Waals surface area (Å²) in [4.78, 5) is 23.3. The predicted molar refractivity (Wildman–Crippen MR) is 68.6 cm³/mol. The van der Waals surface area contributed by atoms with Gasteiger partial charge in [-0.15, -0.1) is 0 Å². The number of hydrogen-bond acceptors (Lipinski definition) is 2. The quantitative estimate of drug-likeness (QED) is 0.877. The highest BCUT2D eigenvalue weighted by molar-refractivity contribution is 5.80. The van der Waals surface area contributed by atoms with Crippen molar-refractivity contribution >= 4 is 12.0 Å². The molecule has 1 aromatic rings. The van der Waals surface area contributed by atoms with Gasteiger partial charge in [0.05, 0.1) is 5.56 Å². The summed E-state index contributed by atoms with van der Waals surface area (Å²) in [6, 6.07) is 4.16. The Balaban J connectivity index is 2.75. The van der Waals surface area contributed by atoms with E-state index in [2.05, 4.69) is 5.32 Å². The monoisotopic (exact) mass is 304 g/mol. The maximum absolute atomic E-state index is 12.8. The molecule has 5 nitrogen and oxygen atoms in total. The third-order valence-corrected chi connectivity index (χ3v) is 2.75. The highest BCUT2D eigenvalue weighted by Crippen LogP contribution is 2.31. The molecule has 0 saturated carbocycles. The van der Waals surface area contributed by atoms with E-state index in [4.69, 9.17) is 5.11 Å². The van der Waals surface area contributed by atoms with Crippen molar-refractivity contribution in [2.45, 2.75) is 19.6 Å². The fraction of sp³-hybridized carbons (Fsp3) is 0.385. The molecule has 8 heteroatoms. The van der Waals surface area contributed by atoms with Crippen LogP contribution in [0.1, 0.15) is 18.1 Å². The largest absolute Gasteiger partial charge is 0.480 e. The molecule has 21 heavy (non-hydrogen) atoms. The summed E-state index contributed by atoms with van der Waals surface area (Å²) in [7, 11) is 0. The van der Waals surface area contributed by atoms with Crippen LogP contribution >= 0.6 is 0 Å². The average Bonchev–Trinajstić information content (AvgIpc) is 2.41. The Kier molecular flexibility index (Phi) is 5.57. The fourth-order valence-electron chi connectivity index (χ4n) is 1.72. The van der Waals surface area contributed by atoms with Crippen molar-refractivity contribution in [2.75, 3.05) is 13.1 Å². The molecule has 0 aliphatic rings. The van der Waals surface area contributed by atoms with Gasteiger partial charge in [0.25, 0.3) is 0 Å². The maximum atomic E-state index is 12.8. The van der Waals surface area contributed by atoms with Gasteiger partial charge in [0.1, 0.15) is 6.54 Å². The van der Waals surface area contributed by atoms with Crippen LogP contribution in [0.2, 0.25) is 0 Å². The van der Waals surface area contributed by atoms with Crippen LogP contribution < -0.4 is 5.32 Å². The van der Waals surface area contributed by atoms with Crippen molar-refractivity contribution in [1.82, 2.24) is 10.2 Å². The van der Waals surface area contributed by atoms with Gasteiger partial charge in [-0.05, 0) is 18.6 Å². The summed E-state index contributed by atoms with van der Waals surface area (Å²) >= 11 is 0. The van der Waals surface area contributed by atoms with E-state index in [1.165, 1.54) is 18.2 Å². The zero-order chi connectivity index (χ0) is 16.0. The van der Waals surface area contributed by atoms with Crippen molar-refractivity contribution < 1.29 is 27.9 Å². The molecule has 0 aliphatic carbocycles. The first-order valence-corrected chi connectivity index (χ1v) is 6.15. The SMILES string of the molecule is CCN(CC(=O)O)C(=O)NCc1ccccc1C(F)(F)F. The minimum absolute atomic E-state index is 0.0790. The highest BCUT2D eigenvalue weighted by Gasteiger charge is 2.32. The number of carbonyl (C=O) groups excluding carboxylic acids is 1. The number of nitrogens with zero attached hydrogens (tertiary/aromatic N) is 1. The summed E-state index contributed by atoms with van der Waals surface area (Å²) in [5, 5.41) is 10.9. The normalized spacial score (nSPS) is 11.0. The van der Waals surface area contributed by atoms with Crippen LogP contribution in [0.3, 0.4) is 0 Å². The van der Waals surface area contributed by atoms with Crippen LogP contribution in [-0.2, 0) is 17.5 Å². The smallest absolute Gasteiger partial charge is 0.416 e. The second kappa shape index (κ2) is 6.96. The lowest BCUT2D eigenvalue weighted by Gasteiger charge is -2.20. The summed E-state index contributed by atoms with van der Waals surface area (Å²) in [6.07, 6.45) is -4.51. The lowest BCUT2D eigenvalue weighted by molar-refractivity contribution is -0.138. The average molecular weight is 304 g/mol. The summed E-state index contributed by atoms with van der Waals surface area (Å²) in [5.74, 6) is -1.19. The molecule has 0 unspecified atom stereocenters. The maximum Gasteiger partial charge on any atom is 0.416 e. The Morgan fingerprint density at radius 3 is 2.43 bits per heavy atom. The van der Waals surface area contributed by atoms with E-state index in [1.54, 1.807) is 6.92 Å². The van der Waals surface area contributed by atoms with Gasteiger partial charge in [-0.25, -0.2) is 4.79 Å². The number of likely N-dealkylation sites (N-methyl/N-ethyl adjacent to an activating group) is 1. The van der Waals surface area contributed by atoms with Gasteiger partial charge in [0, 0.05) is 13.1 Å². The minimum Gasteiger partial charge on any atom is -0.480 e. The summed E-state index contributed by atoms with van der Waals surface area (Å²) < 4.78 is 38.3. The Bertz CT molecular complexity index is 518. The summed E-state index contributed by atoms with van der Waals surface area (Å²) in [5.41, 5.74) is -0.906.